The van der Waals surface area contributed by atoms with E-state index in [1.165, 1.54) is 18.2 Å². The van der Waals surface area contributed by atoms with Crippen molar-refractivity contribution in [3.05, 3.63) is 62.9 Å². The molecule has 2 rings (SSSR count). The average Bonchev–Trinajstić information content (AvgIpc) is 2.81. The standard InChI is InChI=1S/C13H12ClN3O3/c1-16-6-2-3-10(16)8-15-13(18)9-4-5-12(17(19)20)11(14)7-9/h2-7H,8H2,1H3,(H,15,18). The summed E-state index contributed by atoms with van der Waals surface area (Å²) in [6, 6.07) is 7.66. The normalized spacial score (nSPS) is 10.3. The number of nitrogens with zero attached hydrogens (tertiary/aromatic N) is 2. The molecule has 1 heterocycles. The number of rotatable bonds is 4. The third-order valence-electron chi connectivity index (χ3n) is 2.89. The molecule has 0 bridgehead atoms. The van der Waals surface area contributed by atoms with Crippen molar-refractivity contribution in [3.8, 4) is 0 Å². The van der Waals surface area contributed by atoms with Crippen molar-refractivity contribution >= 4 is 23.2 Å². The Bertz CT molecular complexity index is 667. The van der Waals surface area contributed by atoms with Gasteiger partial charge < -0.3 is 9.88 Å². The number of carbonyl (C=O) groups excluding carboxylic acids is 1. The number of nitro groups is 1. The first-order valence-electron chi connectivity index (χ1n) is 5.81. The topological polar surface area (TPSA) is 77.2 Å². The van der Waals surface area contributed by atoms with Gasteiger partial charge in [0.2, 0.25) is 0 Å². The zero-order valence-corrected chi connectivity index (χ0v) is 11.4. The quantitative estimate of drug-likeness (QED) is 0.695. The van der Waals surface area contributed by atoms with Crippen LogP contribution < -0.4 is 5.32 Å². The van der Waals surface area contributed by atoms with Crippen LogP contribution in [0.5, 0.6) is 0 Å². The lowest BCUT2D eigenvalue weighted by molar-refractivity contribution is -0.384. The smallest absolute Gasteiger partial charge is 0.287 e. The van der Waals surface area contributed by atoms with Crippen molar-refractivity contribution in [2.24, 2.45) is 7.05 Å². The van der Waals surface area contributed by atoms with Crippen LogP contribution in [0, 0.1) is 10.1 Å². The predicted molar refractivity (Wildman–Crippen MR) is 74.7 cm³/mol. The summed E-state index contributed by atoms with van der Waals surface area (Å²) in [4.78, 5) is 22.0. The number of aromatic nitrogens is 1. The summed E-state index contributed by atoms with van der Waals surface area (Å²) in [5, 5.41) is 13.3. The van der Waals surface area contributed by atoms with Gasteiger partial charge in [-0.25, -0.2) is 0 Å². The van der Waals surface area contributed by atoms with Gasteiger partial charge in [-0.3, -0.25) is 14.9 Å². The van der Waals surface area contributed by atoms with Crippen molar-refractivity contribution in [2.75, 3.05) is 0 Å². The second-order valence-corrected chi connectivity index (χ2v) is 4.62. The number of halogens is 1. The Labute approximate surface area is 120 Å². The van der Waals surface area contributed by atoms with Gasteiger partial charge in [-0.1, -0.05) is 11.6 Å². The third-order valence-corrected chi connectivity index (χ3v) is 3.19. The van der Waals surface area contributed by atoms with Gasteiger partial charge in [-0.15, -0.1) is 0 Å². The minimum atomic E-state index is -0.589. The highest BCUT2D eigenvalue weighted by Gasteiger charge is 2.15. The SMILES string of the molecule is Cn1cccc1CNC(=O)c1ccc([N+](=O)[O-])c(Cl)c1. The second-order valence-electron chi connectivity index (χ2n) is 4.22. The lowest BCUT2D eigenvalue weighted by atomic mass is 10.2. The summed E-state index contributed by atoms with van der Waals surface area (Å²) in [5.74, 6) is -0.331. The molecule has 1 aromatic heterocycles. The van der Waals surface area contributed by atoms with E-state index in [1.807, 2.05) is 29.9 Å². The molecule has 6 nitrogen and oxygen atoms in total. The van der Waals surface area contributed by atoms with Crippen molar-refractivity contribution < 1.29 is 9.72 Å². The lowest BCUT2D eigenvalue weighted by Gasteiger charge is -2.07. The Hall–Kier alpha value is -2.34. The Kier molecular flexibility index (Phi) is 4.05. The number of aryl methyl sites for hydroxylation is 1. The van der Waals surface area contributed by atoms with Crippen LogP contribution in [0.15, 0.2) is 36.5 Å². The molecule has 0 spiro atoms. The molecule has 0 aliphatic heterocycles. The van der Waals surface area contributed by atoms with Crippen molar-refractivity contribution in [1.82, 2.24) is 9.88 Å². The first kappa shape index (κ1) is 14.1. The van der Waals surface area contributed by atoms with Crippen LogP contribution in [0.25, 0.3) is 0 Å². The van der Waals surface area contributed by atoms with E-state index in [1.54, 1.807) is 0 Å². The van der Waals surface area contributed by atoms with Crippen molar-refractivity contribution in [1.29, 1.82) is 0 Å². The molecule has 20 heavy (non-hydrogen) atoms. The van der Waals surface area contributed by atoms with Gasteiger partial charge in [0.25, 0.3) is 11.6 Å². The molecule has 0 saturated heterocycles. The van der Waals surface area contributed by atoms with Crippen LogP contribution in [0.2, 0.25) is 5.02 Å². The molecule has 0 fully saturated rings. The molecular weight excluding hydrogens is 282 g/mol. The molecule has 0 atom stereocenters. The monoisotopic (exact) mass is 293 g/mol. The van der Waals surface area contributed by atoms with Crippen LogP contribution in [-0.2, 0) is 13.6 Å². The molecule has 1 aromatic carbocycles. The van der Waals surface area contributed by atoms with Gasteiger partial charge in [-0.2, -0.15) is 0 Å². The molecule has 0 aliphatic rings. The summed E-state index contributed by atoms with van der Waals surface area (Å²) in [5.41, 5.74) is 1.02. The van der Waals surface area contributed by atoms with E-state index < -0.39 is 4.92 Å². The van der Waals surface area contributed by atoms with Gasteiger partial charge in [0.15, 0.2) is 0 Å². The molecule has 0 saturated carbocycles. The highest BCUT2D eigenvalue weighted by atomic mass is 35.5. The predicted octanol–water partition coefficient (Wildman–Crippen LogP) is 2.52. The fourth-order valence-corrected chi connectivity index (χ4v) is 2.00. The largest absolute Gasteiger partial charge is 0.353 e. The number of hydrogen-bond acceptors (Lipinski definition) is 3. The maximum atomic E-state index is 11.9. The van der Waals surface area contributed by atoms with Gasteiger partial charge in [0.1, 0.15) is 5.02 Å². The molecule has 2 aromatic rings. The molecule has 0 unspecified atom stereocenters. The zero-order valence-electron chi connectivity index (χ0n) is 10.7. The van der Waals surface area contributed by atoms with E-state index in [0.717, 1.165) is 5.69 Å². The van der Waals surface area contributed by atoms with E-state index in [2.05, 4.69) is 5.32 Å². The first-order valence-corrected chi connectivity index (χ1v) is 6.19. The summed E-state index contributed by atoms with van der Waals surface area (Å²) in [6.07, 6.45) is 1.88. The zero-order chi connectivity index (χ0) is 14.7. The molecule has 0 radical (unpaired) electrons. The van der Waals surface area contributed by atoms with E-state index >= 15 is 0 Å². The number of nitrogens with one attached hydrogen (secondary N) is 1. The molecular formula is C13H12ClN3O3. The lowest BCUT2D eigenvalue weighted by Crippen LogP contribution is -2.23. The summed E-state index contributed by atoms with van der Waals surface area (Å²) >= 11 is 5.77. The fourth-order valence-electron chi connectivity index (χ4n) is 1.75. The first-order chi connectivity index (χ1) is 9.49. The summed E-state index contributed by atoms with van der Waals surface area (Å²) in [6.45, 7) is 0.372. The van der Waals surface area contributed by atoms with Gasteiger partial charge in [0, 0.05) is 30.6 Å². The van der Waals surface area contributed by atoms with E-state index in [9.17, 15) is 14.9 Å². The summed E-state index contributed by atoms with van der Waals surface area (Å²) in [7, 11) is 1.88. The van der Waals surface area contributed by atoms with Crippen LogP contribution in [0.1, 0.15) is 16.1 Å². The van der Waals surface area contributed by atoms with E-state index in [4.69, 9.17) is 11.6 Å². The maximum Gasteiger partial charge on any atom is 0.287 e. The van der Waals surface area contributed by atoms with Crippen molar-refractivity contribution in [2.45, 2.75) is 6.54 Å². The number of nitro benzene ring substituents is 1. The van der Waals surface area contributed by atoms with Gasteiger partial charge >= 0.3 is 0 Å². The number of carbonyl (C=O) groups is 1. The highest BCUT2D eigenvalue weighted by Crippen LogP contribution is 2.24. The Morgan fingerprint density at radius 1 is 1.45 bits per heavy atom. The summed E-state index contributed by atoms with van der Waals surface area (Å²) < 4.78 is 1.89. The Morgan fingerprint density at radius 2 is 2.20 bits per heavy atom. The minimum absolute atomic E-state index is 0.0542. The van der Waals surface area contributed by atoms with Crippen LogP contribution in [-0.4, -0.2) is 15.4 Å². The second kappa shape index (κ2) is 5.75. The minimum Gasteiger partial charge on any atom is -0.353 e. The average molecular weight is 294 g/mol. The molecule has 7 heteroatoms. The van der Waals surface area contributed by atoms with Crippen LogP contribution in [0.3, 0.4) is 0 Å². The van der Waals surface area contributed by atoms with E-state index in [0.29, 0.717) is 6.54 Å². The van der Waals surface area contributed by atoms with Crippen molar-refractivity contribution in [3.63, 3.8) is 0 Å². The maximum absolute atomic E-state index is 11.9. The Morgan fingerprint density at radius 3 is 2.75 bits per heavy atom. The van der Waals surface area contributed by atoms with Gasteiger partial charge in [-0.05, 0) is 24.3 Å². The fraction of sp³-hybridized carbons (Fsp3) is 0.154. The van der Waals surface area contributed by atoms with Crippen LogP contribution >= 0.6 is 11.6 Å². The molecule has 104 valence electrons. The number of hydrogen-bond donors (Lipinski definition) is 1. The molecule has 1 amide bonds. The van der Waals surface area contributed by atoms with Gasteiger partial charge in [0.05, 0.1) is 11.5 Å². The highest BCUT2D eigenvalue weighted by molar-refractivity contribution is 6.33. The number of benzene rings is 1. The van der Waals surface area contributed by atoms with Crippen LogP contribution in [0.4, 0.5) is 5.69 Å². The van der Waals surface area contributed by atoms with E-state index in [-0.39, 0.29) is 22.2 Å². The third kappa shape index (κ3) is 2.97. The molecule has 1 N–H and O–H groups in total. The molecule has 0 aliphatic carbocycles. The Balaban J connectivity index is 2.08. The number of amides is 1.